The molecular weight excluding hydrogens is 250 g/mol. The van der Waals surface area contributed by atoms with Crippen LogP contribution < -0.4 is 15.4 Å². The van der Waals surface area contributed by atoms with Crippen LogP contribution in [0.1, 0.15) is 39.5 Å². The number of nitrogens with zero attached hydrogens (tertiary/aromatic N) is 2. The van der Waals surface area contributed by atoms with Gasteiger partial charge in [-0.05, 0) is 25.2 Å². The van der Waals surface area contributed by atoms with Gasteiger partial charge < -0.3 is 15.4 Å². The van der Waals surface area contributed by atoms with Crippen LogP contribution in [0.2, 0.25) is 0 Å². The summed E-state index contributed by atoms with van der Waals surface area (Å²) in [6.45, 7) is 7.17. The molecule has 2 rings (SSSR count). The Morgan fingerprint density at radius 3 is 3.10 bits per heavy atom. The zero-order valence-corrected chi connectivity index (χ0v) is 12.7. The lowest BCUT2D eigenvalue weighted by Gasteiger charge is -2.32. The van der Waals surface area contributed by atoms with Gasteiger partial charge in [0.1, 0.15) is 5.75 Å². The lowest BCUT2D eigenvalue weighted by Crippen LogP contribution is -2.42. The minimum Gasteiger partial charge on any atom is -0.492 e. The maximum atomic E-state index is 6.04. The van der Waals surface area contributed by atoms with E-state index in [2.05, 4.69) is 29.8 Å². The molecule has 1 aliphatic heterocycles. The second-order valence-corrected chi connectivity index (χ2v) is 5.93. The molecule has 0 amide bonds. The third-order valence-corrected chi connectivity index (χ3v) is 3.84. The van der Waals surface area contributed by atoms with E-state index in [1.54, 1.807) is 6.20 Å². The predicted molar refractivity (Wildman–Crippen MR) is 83.2 cm³/mol. The van der Waals surface area contributed by atoms with Gasteiger partial charge in [0.05, 0.1) is 24.7 Å². The summed E-state index contributed by atoms with van der Waals surface area (Å²) in [6, 6.07) is 2.36. The Kier molecular flexibility index (Phi) is 5.65. The Balaban J connectivity index is 1.93. The van der Waals surface area contributed by atoms with Crippen LogP contribution in [0.3, 0.4) is 0 Å². The smallest absolute Gasteiger partial charge is 0.139 e. The van der Waals surface area contributed by atoms with Crippen LogP contribution in [0.4, 0.5) is 5.69 Å². The van der Waals surface area contributed by atoms with Gasteiger partial charge in [-0.1, -0.05) is 20.3 Å². The van der Waals surface area contributed by atoms with Gasteiger partial charge in [0.25, 0.3) is 0 Å². The van der Waals surface area contributed by atoms with Gasteiger partial charge in [-0.2, -0.15) is 0 Å². The Bertz CT molecular complexity index is 410. The van der Waals surface area contributed by atoms with E-state index in [0.717, 1.165) is 44.0 Å². The zero-order valence-electron chi connectivity index (χ0n) is 12.7. The lowest BCUT2D eigenvalue weighted by atomic mass is 10.1. The Morgan fingerprint density at radius 2 is 2.35 bits per heavy atom. The summed E-state index contributed by atoms with van der Waals surface area (Å²) in [6.07, 6.45) is 8.38. The number of pyridine rings is 1. The highest BCUT2D eigenvalue weighted by atomic mass is 16.5. The number of hydrogen-bond acceptors (Lipinski definition) is 4. The van der Waals surface area contributed by atoms with Crippen molar-refractivity contribution in [2.24, 2.45) is 11.7 Å². The third kappa shape index (κ3) is 4.37. The first kappa shape index (κ1) is 15.1. The Labute approximate surface area is 122 Å². The molecule has 0 spiro atoms. The minimum atomic E-state index is 0.276. The maximum absolute atomic E-state index is 6.04. The largest absolute Gasteiger partial charge is 0.492 e. The summed E-state index contributed by atoms with van der Waals surface area (Å²) in [5, 5.41) is 0. The van der Waals surface area contributed by atoms with Gasteiger partial charge in [-0.15, -0.1) is 0 Å². The van der Waals surface area contributed by atoms with E-state index >= 15 is 0 Å². The molecule has 1 saturated heterocycles. The van der Waals surface area contributed by atoms with Crippen molar-refractivity contribution in [3.05, 3.63) is 18.5 Å². The highest BCUT2D eigenvalue weighted by Gasteiger charge is 2.17. The van der Waals surface area contributed by atoms with Crippen molar-refractivity contribution < 1.29 is 4.74 Å². The molecule has 1 aliphatic rings. The number of ether oxygens (including phenoxy) is 1. The first-order valence-electron chi connectivity index (χ1n) is 7.77. The van der Waals surface area contributed by atoms with Crippen molar-refractivity contribution in [3.63, 3.8) is 0 Å². The number of piperidine rings is 1. The molecule has 0 bridgehead atoms. The fourth-order valence-electron chi connectivity index (χ4n) is 2.72. The molecule has 1 aromatic rings. The molecular formula is C16H27N3O. The van der Waals surface area contributed by atoms with Crippen molar-refractivity contribution in [2.45, 2.75) is 45.6 Å². The van der Waals surface area contributed by atoms with Crippen molar-refractivity contribution in [1.29, 1.82) is 0 Å². The van der Waals surface area contributed by atoms with Crippen LogP contribution in [0.15, 0.2) is 18.5 Å². The Morgan fingerprint density at radius 1 is 1.50 bits per heavy atom. The van der Waals surface area contributed by atoms with E-state index < -0.39 is 0 Å². The number of rotatable bonds is 6. The molecule has 0 aromatic carbocycles. The van der Waals surface area contributed by atoms with Crippen molar-refractivity contribution >= 4 is 5.69 Å². The molecule has 2 heterocycles. The zero-order chi connectivity index (χ0) is 14.4. The first-order valence-corrected chi connectivity index (χ1v) is 7.77. The monoisotopic (exact) mass is 277 g/mol. The highest BCUT2D eigenvalue weighted by molar-refractivity contribution is 5.48. The van der Waals surface area contributed by atoms with E-state index in [1.165, 1.54) is 12.8 Å². The van der Waals surface area contributed by atoms with Gasteiger partial charge in [-0.25, -0.2) is 0 Å². The molecule has 20 heavy (non-hydrogen) atoms. The standard InChI is InChI=1S/C16H27N3O/c1-3-5-13(2)12-20-16-8-15(9-18-10-16)19-7-4-6-14(17)11-19/h8-10,13-14H,3-7,11-12,17H2,1-2H3. The molecule has 112 valence electrons. The fourth-order valence-corrected chi connectivity index (χ4v) is 2.72. The van der Waals surface area contributed by atoms with Crippen LogP contribution >= 0.6 is 0 Å². The molecule has 4 heteroatoms. The quantitative estimate of drug-likeness (QED) is 0.868. The number of nitrogens with two attached hydrogens (primary N) is 1. The Hall–Kier alpha value is -1.29. The normalized spacial score (nSPS) is 20.8. The van der Waals surface area contributed by atoms with Crippen LogP contribution in [0.25, 0.3) is 0 Å². The molecule has 0 aliphatic carbocycles. The molecule has 1 fully saturated rings. The lowest BCUT2D eigenvalue weighted by molar-refractivity contribution is 0.251. The van der Waals surface area contributed by atoms with Crippen LogP contribution in [0.5, 0.6) is 5.75 Å². The third-order valence-electron chi connectivity index (χ3n) is 3.84. The number of aromatic nitrogens is 1. The molecule has 2 atom stereocenters. The van der Waals surface area contributed by atoms with Crippen molar-refractivity contribution in [1.82, 2.24) is 4.98 Å². The first-order chi connectivity index (χ1) is 9.69. The minimum absolute atomic E-state index is 0.276. The fraction of sp³-hybridized carbons (Fsp3) is 0.688. The van der Waals surface area contributed by atoms with Crippen molar-refractivity contribution in [3.8, 4) is 5.75 Å². The topological polar surface area (TPSA) is 51.4 Å². The van der Waals surface area contributed by atoms with E-state index in [1.807, 2.05) is 6.20 Å². The van der Waals surface area contributed by atoms with Crippen LogP contribution in [-0.2, 0) is 0 Å². The summed E-state index contributed by atoms with van der Waals surface area (Å²) >= 11 is 0. The summed E-state index contributed by atoms with van der Waals surface area (Å²) in [4.78, 5) is 6.61. The summed E-state index contributed by atoms with van der Waals surface area (Å²) in [5.74, 6) is 1.46. The van der Waals surface area contributed by atoms with Gasteiger partial charge in [0.15, 0.2) is 0 Å². The van der Waals surface area contributed by atoms with E-state index in [4.69, 9.17) is 10.5 Å². The molecule has 4 nitrogen and oxygen atoms in total. The molecule has 0 saturated carbocycles. The van der Waals surface area contributed by atoms with Gasteiger partial charge in [0.2, 0.25) is 0 Å². The van der Waals surface area contributed by atoms with Crippen LogP contribution in [0, 0.1) is 5.92 Å². The molecule has 0 radical (unpaired) electrons. The van der Waals surface area contributed by atoms with Gasteiger partial charge >= 0.3 is 0 Å². The SMILES string of the molecule is CCCC(C)COc1cncc(N2CCCC(N)C2)c1. The maximum Gasteiger partial charge on any atom is 0.139 e. The number of hydrogen-bond donors (Lipinski definition) is 1. The van der Waals surface area contributed by atoms with E-state index in [0.29, 0.717) is 5.92 Å². The van der Waals surface area contributed by atoms with Gasteiger partial charge in [0, 0.05) is 25.2 Å². The summed E-state index contributed by atoms with van der Waals surface area (Å²) in [7, 11) is 0. The summed E-state index contributed by atoms with van der Waals surface area (Å²) in [5.41, 5.74) is 7.16. The van der Waals surface area contributed by atoms with Crippen molar-refractivity contribution in [2.75, 3.05) is 24.6 Å². The number of anilines is 1. The molecule has 2 N–H and O–H groups in total. The summed E-state index contributed by atoms with van der Waals surface area (Å²) < 4.78 is 5.86. The molecule has 1 aromatic heterocycles. The predicted octanol–water partition coefficient (Wildman–Crippen LogP) is 2.82. The van der Waals surface area contributed by atoms with Crippen LogP contribution in [-0.4, -0.2) is 30.7 Å². The average molecular weight is 277 g/mol. The second-order valence-electron chi connectivity index (χ2n) is 5.93. The van der Waals surface area contributed by atoms with Gasteiger partial charge in [-0.3, -0.25) is 4.98 Å². The molecule has 2 unspecified atom stereocenters. The van der Waals surface area contributed by atoms with E-state index in [-0.39, 0.29) is 6.04 Å². The second kappa shape index (κ2) is 7.48. The average Bonchev–Trinajstić information content (AvgIpc) is 2.46. The highest BCUT2D eigenvalue weighted by Crippen LogP contribution is 2.23. The van der Waals surface area contributed by atoms with E-state index in [9.17, 15) is 0 Å².